The fraction of sp³-hybridized carbons (Fsp3) is 0. The summed E-state index contributed by atoms with van der Waals surface area (Å²) in [5.41, 5.74) is 0. The quantitative estimate of drug-likeness (QED) is 0.307. The second-order valence-corrected chi connectivity index (χ2v) is 0. The zero-order chi connectivity index (χ0) is 0. The van der Waals surface area contributed by atoms with Crippen molar-refractivity contribution in [2.45, 2.75) is 0 Å². The summed E-state index contributed by atoms with van der Waals surface area (Å²) in [6.45, 7) is 0. The van der Waals surface area contributed by atoms with Crippen LogP contribution < -0.4 is 0 Å². The van der Waals surface area contributed by atoms with Gasteiger partial charge >= 0.3 is 0 Å². The minimum atomic E-state index is 0. The number of hydrogen-bond donors (Lipinski definition) is 0. The van der Waals surface area contributed by atoms with Crippen LogP contribution in [0.3, 0.4) is 0 Å². The van der Waals surface area contributed by atoms with Crippen LogP contribution >= 0.6 is 0 Å². The van der Waals surface area contributed by atoms with Gasteiger partial charge in [0.1, 0.15) is 0 Å². The summed E-state index contributed by atoms with van der Waals surface area (Å²) in [6.07, 6.45) is 0. The normalized spacial score (nSPS) is 0. The SMILES string of the molecule is F.[B].[Li].[Li]. The first-order valence-corrected chi connectivity index (χ1v) is 0. The fourth-order valence-corrected chi connectivity index (χ4v) is 0. The molecule has 0 N–H and O–H groups in total. The van der Waals surface area contributed by atoms with Crippen molar-refractivity contribution in [1.29, 1.82) is 0 Å². The molecule has 0 atom stereocenters. The minimum absolute atomic E-state index is 0. The smallest absolute Gasteiger partial charge is 0 e. The standard InChI is InChI=1S/B.FH.2Li/h;1H;;. The topological polar surface area (TPSA) is 0 Å². The van der Waals surface area contributed by atoms with Crippen LogP contribution in [0.5, 0.6) is 0 Å². The molecule has 5 radical (unpaired) electrons. The Morgan fingerprint density at radius 3 is 0.750 bits per heavy atom. The third kappa shape index (κ3) is 10.8. The zero-order valence-corrected chi connectivity index (χ0v) is 2.99. The van der Waals surface area contributed by atoms with Crippen LogP contribution in [0.4, 0.5) is 4.70 Å². The Bertz CT molecular complexity index is 6.00. The number of halogens is 1. The molecule has 13 valence electrons. The van der Waals surface area contributed by atoms with E-state index in [0.717, 1.165) is 0 Å². The molecule has 0 aliphatic rings. The second kappa shape index (κ2) is 30.1. The van der Waals surface area contributed by atoms with Crippen molar-refractivity contribution in [1.82, 2.24) is 0 Å². The van der Waals surface area contributed by atoms with E-state index in [0.29, 0.717) is 0 Å². The van der Waals surface area contributed by atoms with Crippen LogP contribution in [0.25, 0.3) is 0 Å². The van der Waals surface area contributed by atoms with E-state index in [1.54, 1.807) is 0 Å². The van der Waals surface area contributed by atoms with Gasteiger partial charge < -0.3 is 0 Å². The molecule has 0 saturated carbocycles. The molecule has 0 nitrogen and oxygen atoms in total. The predicted molar refractivity (Wildman–Crippen MR) is 19.8 cm³/mol. The molecule has 4 heteroatoms. The van der Waals surface area contributed by atoms with Gasteiger partial charge in [0.15, 0.2) is 0 Å². The molecule has 0 bridgehead atoms. The van der Waals surface area contributed by atoms with E-state index in [2.05, 4.69) is 0 Å². The van der Waals surface area contributed by atoms with E-state index in [9.17, 15) is 0 Å². The van der Waals surface area contributed by atoms with Crippen LogP contribution in [0.2, 0.25) is 0 Å². The van der Waals surface area contributed by atoms with Crippen molar-refractivity contribution in [2.24, 2.45) is 0 Å². The molecule has 0 heterocycles. The van der Waals surface area contributed by atoms with Gasteiger partial charge in [-0.1, -0.05) is 0 Å². The molecule has 0 aliphatic heterocycles. The van der Waals surface area contributed by atoms with Crippen LogP contribution in [-0.2, 0) is 0 Å². The van der Waals surface area contributed by atoms with Crippen molar-refractivity contribution in [3.63, 3.8) is 0 Å². The van der Waals surface area contributed by atoms with Crippen LogP contribution in [-0.4, -0.2) is 46.1 Å². The van der Waals surface area contributed by atoms with Gasteiger partial charge in [0, 0.05) is 46.1 Å². The third-order valence-electron chi connectivity index (χ3n) is 0. The molecule has 0 unspecified atom stereocenters. The van der Waals surface area contributed by atoms with Crippen molar-refractivity contribution < 1.29 is 4.70 Å². The maximum atomic E-state index is 0. The Morgan fingerprint density at radius 2 is 0.750 bits per heavy atom. The van der Waals surface area contributed by atoms with Crippen LogP contribution in [0, 0.1) is 0 Å². The number of hydrogen-bond acceptors (Lipinski definition) is 0. The molecule has 0 fully saturated rings. The maximum absolute atomic E-state index is 0. The summed E-state index contributed by atoms with van der Waals surface area (Å²) in [6, 6.07) is 0. The zero-order valence-electron chi connectivity index (χ0n) is 2.99. The Kier molecular flexibility index (Phi) is 485. The molecule has 0 aromatic carbocycles. The first kappa shape index (κ1) is 64.4. The van der Waals surface area contributed by atoms with Crippen LogP contribution in [0.1, 0.15) is 0 Å². The van der Waals surface area contributed by atoms with E-state index in [4.69, 9.17) is 0 Å². The molecule has 0 saturated heterocycles. The Balaban J connectivity index is 0. The van der Waals surface area contributed by atoms with E-state index in [1.807, 2.05) is 0 Å². The largest absolute Gasteiger partial charge is 0.269 e. The molecule has 4 heavy (non-hydrogen) atoms. The Hall–Kier alpha value is 1.19. The number of rotatable bonds is 0. The summed E-state index contributed by atoms with van der Waals surface area (Å²) < 4.78 is 0. The van der Waals surface area contributed by atoms with Crippen molar-refractivity contribution >= 4 is 46.1 Å². The molecule has 0 rings (SSSR count). The van der Waals surface area contributed by atoms with Gasteiger partial charge in [-0.3, -0.25) is 4.70 Å². The summed E-state index contributed by atoms with van der Waals surface area (Å²) in [5, 5.41) is 0. The fourth-order valence-electron chi connectivity index (χ4n) is 0. The van der Waals surface area contributed by atoms with Gasteiger partial charge in [-0.15, -0.1) is 0 Å². The van der Waals surface area contributed by atoms with Crippen molar-refractivity contribution in [2.75, 3.05) is 0 Å². The van der Waals surface area contributed by atoms with Crippen molar-refractivity contribution in [3.05, 3.63) is 0 Å². The maximum Gasteiger partial charge on any atom is 0 e. The van der Waals surface area contributed by atoms with Gasteiger partial charge in [-0.05, 0) is 0 Å². The van der Waals surface area contributed by atoms with Crippen molar-refractivity contribution in [3.8, 4) is 0 Å². The summed E-state index contributed by atoms with van der Waals surface area (Å²) >= 11 is 0. The average molecular weight is 44.7 g/mol. The minimum Gasteiger partial charge on any atom is -0.269 e. The summed E-state index contributed by atoms with van der Waals surface area (Å²) in [7, 11) is 0. The first-order chi connectivity index (χ1) is 0. The first-order valence-electron chi connectivity index (χ1n) is 0. The van der Waals surface area contributed by atoms with E-state index < -0.39 is 0 Å². The molecule has 0 aromatic rings. The van der Waals surface area contributed by atoms with E-state index >= 15 is 0 Å². The molecule has 0 spiro atoms. The summed E-state index contributed by atoms with van der Waals surface area (Å²) in [5.74, 6) is 0. The van der Waals surface area contributed by atoms with Gasteiger partial charge in [0.2, 0.25) is 0 Å². The second-order valence-electron chi connectivity index (χ2n) is 0. The third-order valence-corrected chi connectivity index (χ3v) is 0. The molecule has 0 aromatic heterocycles. The average Bonchev–Trinajstić information content (AvgIpc) is 0. The summed E-state index contributed by atoms with van der Waals surface area (Å²) in [4.78, 5) is 0. The van der Waals surface area contributed by atoms with E-state index in [1.165, 1.54) is 0 Å². The molecular weight excluding hydrogens is 43.7 g/mol. The van der Waals surface area contributed by atoms with E-state index in [-0.39, 0.29) is 50.8 Å². The molecule has 0 amide bonds. The molecule has 0 aliphatic carbocycles. The van der Waals surface area contributed by atoms with Gasteiger partial charge in [-0.25, -0.2) is 0 Å². The van der Waals surface area contributed by atoms with Gasteiger partial charge in [0.05, 0.1) is 0 Å². The molecular formula is HBFLi2. The predicted octanol–water partition coefficient (Wildman–Crippen LogP) is -0.990. The Labute approximate surface area is 51.0 Å². The van der Waals surface area contributed by atoms with Gasteiger partial charge in [0.25, 0.3) is 0 Å². The van der Waals surface area contributed by atoms with Gasteiger partial charge in [-0.2, -0.15) is 0 Å². The Morgan fingerprint density at radius 1 is 0.750 bits per heavy atom. The van der Waals surface area contributed by atoms with Crippen LogP contribution in [0.15, 0.2) is 0 Å². The monoisotopic (exact) mass is 45.0 g/mol.